The number of primary amides is 1. The molecule has 178 valence electrons. The lowest BCUT2D eigenvalue weighted by molar-refractivity contribution is 0.0556. The van der Waals surface area contributed by atoms with Crippen LogP contribution in [0.1, 0.15) is 59.1 Å². The fraction of sp³-hybridized carbons (Fsp3) is 0.480. The second-order valence-corrected chi connectivity index (χ2v) is 9.85. The topological polar surface area (TPSA) is 64.8 Å². The van der Waals surface area contributed by atoms with E-state index >= 15 is 0 Å². The summed E-state index contributed by atoms with van der Waals surface area (Å²) >= 11 is 12.4. The third-order valence-corrected chi connectivity index (χ3v) is 6.98. The molecule has 4 rings (SSSR count). The van der Waals surface area contributed by atoms with Gasteiger partial charge in [0.1, 0.15) is 11.6 Å². The van der Waals surface area contributed by atoms with E-state index in [9.17, 15) is 9.18 Å². The molecule has 2 fully saturated rings. The van der Waals surface area contributed by atoms with E-state index in [4.69, 9.17) is 38.4 Å². The van der Waals surface area contributed by atoms with Gasteiger partial charge in [0.15, 0.2) is 0 Å². The molecular weight excluding hydrogens is 466 g/mol. The molecule has 1 heterocycles. The number of amides is 1. The van der Waals surface area contributed by atoms with E-state index in [1.165, 1.54) is 6.07 Å². The molecule has 5 nitrogen and oxygen atoms in total. The van der Waals surface area contributed by atoms with Crippen molar-refractivity contribution in [3.63, 3.8) is 0 Å². The van der Waals surface area contributed by atoms with E-state index in [-0.39, 0.29) is 11.6 Å². The van der Waals surface area contributed by atoms with Crippen molar-refractivity contribution in [1.82, 2.24) is 4.90 Å². The van der Waals surface area contributed by atoms with E-state index in [2.05, 4.69) is 4.90 Å². The van der Waals surface area contributed by atoms with Gasteiger partial charge in [-0.05, 0) is 86.0 Å². The summed E-state index contributed by atoms with van der Waals surface area (Å²) < 4.78 is 25.9. The summed E-state index contributed by atoms with van der Waals surface area (Å²) in [5.41, 5.74) is 7.18. The lowest BCUT2D eigenvalue weighted by atomic mass is 9.95. The molecule has 2 N–H and O–H groups in total. The van der Waals surface area contributed by atoms with Crippen LogP contribution in [0.25, 0.3) is 0 Å². The van der Waals surface area contributed by atoms with Gasteiger partial charge >= 0.3 is 0 Å². The standard InChI is InChI=1S/C25H29Cl2FN2O3/c1-32-14-23(17-8-18(26)10-19(27)9-17)30-6-4-15(5-7-30)13-33-24-12-22(28)21(25(29)31)11-20(24)16-2-3-16/h8-12,15-16,23H,2-7,13-14H2,1H3,(H2,29,31)/t23-/m1/s1. The molecule has 1 aliphatic heterocycles. The molecule has 1 atom stereocenters. The first-order chi connectivity index (χ1) is 15.9. The van der Waals surface area contributed by atoms with Gasteiger partial charge in [0.05, 0.1) is 24.8 Å². The molecule has 8 heteroatoms. The monoisotopic (exact) mass is 494 g/mol. The van der Waals surface area contributed by atoms with Crippen LogP contribution in [0.2, 0.25) is 10.0 Å². The zero-order valence-electron chi connectivity index (χ0n) is 18.7. The second kappa shape index (κ2) is 10.6. The zero-order valence-corrected chi connectivity index (χ0v) is 20.2. The first-order valence-electron chi connectivity index (χ1n) is 11.3. The fourth-order valence-corrected chi connectivity index (χ4v) is 5.12. The van der Waals surface area contributed by atoms with Gasteiger partial charge in [0.2, 0.25) is 0 Å². The largest absolute Gasteiger partial charge is 0.493 e. The number of rotatable bonds is 9. The molecule has 33 heavy (non-hydrogen) atoms. The highest BCUT2D eigenvalue weighted by molar-refractivity contribution is 6.34. The minimum absolute atomic E-state index is 0.0668. The first-order valence-corrected chi connectivity index (χ1v) is 12.1. The maximum Gasteiger partial charge on any atom is 0.251 e. The lowest BCUT2D eigenvalue weighted by Gasteiger charge is -2.37. The molecule has 0 unspecified atom stereocenters. The smallest absolute Gasteiger partial charge is 0.251 e. The van der Waals surface area contributed by atoms with Crippen molar-refractivity contribution in [2.75, 3.05) is 33.4 Å². The molecule has 1 amide bonds. The molecule has 2 aromatic rings. The zero-order chi connectivity index (χ0) is 23.5. The maximum absolute atomic E-state index is 14.3. The van der Waals surface area contributed by atoms with E-state index in [0.717, 1.165) is 49.9 Å². The number of nitrogens with zero attached hydrogens (tertiary/aromatic N) is 1. The van der Waals surface area contributed by atoms with Crippen LogP contribution in [0.4, 0.5) is 4.39 Å². The van der Waals surface area contributed by atoms with Crippen LogP contribution in [0.5, 0.6) is 5.75 Å². The highest BCUT2D eigenvalue weighted by atomic mass is 35.5. The Labute approximate surface area is 203 Å². The summed E-state index contributed by atoms with van der Waals surface area (Å²) in [6.45, 7) is 2.84. The Bertz CT molecular complexity index is 987. The normalized spacial score (nSPS) is 18.3. The maximum atomic E-state index is 14.3. The summed E-state index contributed by atoms with van der Waals surface area (Å²) in [7, 11) is 1.69. The summed E-state index contributed by atoms with van der Waals surface area (Å²) in [6.07, 6.45) is 3.95. The van der Waals surface area contributed by atoms with Gasteiger partial charge < -0.3 is 15.2 Å². The fourth-order valence-electron chi connectivity index (χ4n) is 4.58. The van der Waals surface area contributed by atoms with Gasteiger partial charge in [-0.25, -0.2) is 4.39 Å². The van der Waals surface area contributed by atoms with Gasteiger partial charge in [-0.2, -0.15) is 0 Å². The number of methoxy groups -OCH3 is 1. The van der Waals surface area contributed by atoms with Crippen molar-refractivity contribution in [1.29, 1.82) is 0 Å². The van der Waals surface area contributed by atoms with Gasteiger partial charge in [-0.1, -0.05) is 23.2 Å². The quantitative estimate of drug-likeness (QED) is 0.493. The highest BCUT2D eigenvalue weighted by Gasteiger charge is 2.30. The number of benzene rings is 2. The summed E-state index contributed by atoms with van der Waals surface area (Å²) in [4.78, 5) is 13.9. The Morgan fingerprint density at radius 1 is 1.12 bits per heavy atom. The Morgan fingerprint density at radius 2 is 1.79 bits per heavy atom. The summed E-state index contributed by atoms with van der Waals surface area (Å²) in [5.74, 6) is -0.161. The predicted octanol–water partition coefficient (Wildman–Crippen LogP) is 5.59. The molecule has 1 aliphatic carbocycles. The minimum atomic E-state index is -0.750. The Kier molecular flexibility index (Phi) is 7.80. The Hall–Kier alpha value is -1.86. The number of piperidine rings is 1. The van der Waals surface area contributed by atoms with Crippen LogP contribution in [0, 0.1) is 11.7 Å². The number of nitrogens with two attached hydrogens (primary N) is 1. The highest BCUT2D eigenvalue weighted by Crippen LogP contribution is 2.45. The Morgan fingerprint density at radius 3 is 2.36 bits per heavy atom. The van der Waals surface area contributed by atoms with Crippen LogP contribution in [-0.4, -0.2) is 44.2 Å². The first kappa shape index (κ1) is 24.3. The second-order valence-electron chi connectivity index (χ2n) is 8.97. The van der Waals surface area contributed by atoms with E-state index in [0.29, 0.717) is 40.8 Å². The molecule has 1 saturated carbocycles. The van der Waals surface area contributed by atoms with Gasteiger partial charge in [-0.15, -0.1) is 0 Å². The minimum Gasteiger partial charge on any atom is -0.493 e. The number of ether oxygens (including phenoxy) is 2. The molecule has 1 saturated heterocycles. The average molecular weight is 495 g/mol. The van der Waals surface area contributed by atoms with Crippen LogP contribution >= 0.6 is 23.2 Å². The lowest BCUT2D eigenvalue weighted by Crippen LogP contribution is -2.39. The molecular formula is C25H29Cl2FN2O3. The van der Waals surface area contributed by atoms with Crippen molar-refractivity contribution in [2.24, 2.45) is 11.7 Å². The molecule has 0 spiro atoms. The number of likely N-dealkylation sites (tertiary alicyclic amines) is 1. The number of carbonyl (C=O) groups is 1. The van der Waals surface area contributed by atoms with Gasteiger partial charge in [0.25, 0.3) is 5.91 Å². The Balaban J connectivity index is 1.38. The summed E-state index contributed by atoms with van der Waals surface area (Å²) in [5, 5.41) is 1.23. The number of hydrogen-bond acceptors (Lipinski definition) is 4. The third-order valence-electron chi connectivity index (χ3n) is 6.54. The molecule has 2 aromatic carbocycles. The molecule has 0 bridgehead atoms. The van der Waals surface area contributed by atoms with Gasteiger partial charge in [-0.3, -0.25) is 9.69 Å². The van der Waals surface area contributed by atoms with Crippen molar-refractivity contribution >= 4 is 29.1 Å². The van der Waals surface area contributed by atoms with E-state index in [1.807, 2.05) is 12.1 Å². The van der Waals surface area contributed by atoms with Crippen LogP contribution in [0.3, 0.4) is 0 Å². The van der Waals surface area contributed by atoms with Crippen LogP contribution < -0.4 is 10.5 Å². The van der Waals surface area contributed by atoms with E-state index in [1.54, 1.807) is 19.2 Å². The molecule has 0 aromatic heterocycles. The van der Waals surface area contributed by atoms with Gasteiger partial charge in [0, 0.05) is 23.2 Å². The number of hydrogen-bond donors (Lipinski definition) is 1. The SMILES string of the molecule is COC[C@H](c1cc(Cl)cc(Cl)c1)N1CCC(COc2cc(F)c(C(N)=O)cc2C2CC2)CC1. The summed E-state index contributed by atoms with van der Waals surface area (Å²) in [6, 6.07) is 8.57. The van der Waals surface area contributed by atoms with Crippen molar-refractivity contribution < 1.29 is 18.7 Å². The van der Waals surface area contributed by atoms with Crippen molar-refractivity contribution in [2.45, 2.75) is 37.6 Å². The van der Waals surface area contributed by atoms with E-state index < -0.39 is 11.7 Å². The number of halogens is 3. The average Bonchev–Trinajstić information content (AvgIpc) is 3.61. The van der Waals surface area contributed by atoms with Crippen LogP contribution in [-0.2, 0) is 4.74 Å². The molecule has 2 aliphatic rings. The van der Waals surface area contributed by atoms with Crippen LogP contribution in [0.15, 0.2) is 30.3 Å². The predicted molar refractivity (Wildman–Crippen MR) is 128 cm³/mol. The molecule has 0 radical (unpaired) electrons. The number of carbonyl (C=O) groups excluding carboxylic acids is 1. The van der Waals surface area contributed by atoms with Crippen molar-refractivity contribution in [3.05, 3.63) is 62.9 Å². The third kappa shape index (κ3) is 5.99. The van der Waals surface area contributed by atoms with Crippen molar-refractivity contribution in [3.8, 4) is 5.75 Å².